The summed E-state index contributed by atoms with van der Waals surface area (Å²) in [5, 5.41) is 3.15. The van der Waals surface area contributed by atoms with Gasteiger partial charge in [-0.05, 0) is 39.5 Å². The average Bonchev–Trinajstić information content (AvgIpc) is 2.49. The summed E-state index contributed by atoms with van der Waals surface area (Å²) in [5.41, 5.74) is -0.141. The van der Waals surface area contributed by atoms with Crippen LogP contribution in [0, 0.1) is 11.7 Å². The van der Waals surface area contributed by atoms with Crippen LogP contribution in [-0.2, 0) is 11.2 Å². The first kappa shape index (κ1) is 18.4. The molecule has 2 unspecified atom stereocenters. The van der Waals surface area contributed by atoms with E-state index in [9.17, 15) is 9.18 Å². The predicted molar refractivity (Wildman–Crippen MR) is 90.4 cm³/mol. The lowest BCUT2D eigenvalue weighted by molar-refractivity contribution is 0.0176. The zero-order valence-electron chi connectivity index (χ0n) is 15.1. The molecule has 7 heteroatoms. The highest BCUT2D eigenvalue weighted by atomic mass is 19.1. The second-order valence-corrected chi connectivity index (χ2v) is 7.28. The Hall–Kier alpha value is -1.92. The topological polar surface area (TPSA) is 67.4 Å². The number of nitrogens with zero attached hydrogens (tertiary/aromatic N) is 3. The highest BCUT2D eigenvalue weighted by Crippen LogP contribution is 2.24. The maximum Gasteiger partial charge on any atom is 0.410 e. The number of halogens is 1. The van der Waals surface area contributed by atoms with Crippen LogP contribution in [0.1, 0.15) is 46.7 Å². The Bertz CT molecular complexity index is 588. The van der Waals surface area contributed by atoms with E-state index in [0.717, 1.165) is 6.42 Å². The summed E-state index contributed by atoms with van der Waals surface area (Å²) in [7, 11) is 0. The Morgan fingerprint density at radius 2 is 2.17 bits per heavy atom. The van der Waals surface area contributed by atoms with Crippen molar-refractivity contribution >= 4 is 11.9 Å². The molecule has 0 radical (unpaired) electrons. The van der Waals surface area contributed by atoms with Gasteiger partial charge in [-0.2, -0.15) is 0 Å². The number of anilines is 1. The van der Waals surface area contributed by atoms with Crippen LogP contribution in [0.2, 0.25) is 0 Å². The van der Waals surface area contributed by atoms with E-state index in [2.05, 4.69) is 22.2 Å². The van der Waals surface area contributed by atoms with E-state index in [1.807, 2.05) is 27.7 Å². The summed E-state index contributed by atoms with van der Waals surface area (Å²) in [4.78, 5) is 21.9. The predicted octanol–water partition coefficient (Wildman–Crippen LogP) is 3.24. The van der Waals surface area contributed by atoms with Gasteiger partial charge in [-0.3, -0.25) is 0 Å². The molecule has 2 atom stereocenters. The number of hydrogen-bond acceptors (Lipinski definition) is 5. The van der Waals surface area contributed by atoms with Gasteiger partial charge >= 0.3 is 6.09 Å². The van der Waals surface area contributed by atoms with Crippen molar-refractivity contribution in [2.24, 2.45) is 5.92 Å². The van der Waals surface area contributed by atoms with Crippen molar-refractivity contribution in [1.29, 1.82) is 0 Å². The first-order valence-electron chi connectivity index (χ1n) is 8.45. The van der Waals surface area contributed by atoms with Gasteiger partial charge in [-0.1, -0.05) is 13.8 Å². The standard InChI is InChI=1S/C17H27FN4O2/c1-6-12-14(18)15(20-10-19-12)21-13-9-22(8-7-11(13)2)16(23)24-17(3,4)5/h10-11,13H,6-9H2,1-5H3,(H,19,20,21). The lowest BCUT2D eigenvalue weighted by atomic mass is 9.93. The molecule has 0 aliphatic carbocycles. The van der Waals surface area contributed by atoms with E-state index < -0.39 is 11.4 Å². The minimum Gasteiger partial charge on any atom is -0.444 e. The molecule has 1 N–H and O–H groups in total. The zero-order valence-corrected chi connectivity index (χ0v) is 15.1. The number of piperidine rings is 1. The lowest BCUT2D eigenvalue weighted by Gasteiger charge is -2.38. The van der Waals surface area contributed by atoms with E-state index in [-0.39, 0.29) is 18.0 Å². The van der Waals surface area contributed by atoms with Crippen LogP contribution in [-0.4, -0.2) is 45.7 Å². The molecule has 1 aromatic rings. The van der Waals surface area contributed by atoms with Gasteiger partial charge in [0.05, 0.1) is 5.69 Å². The largest absolute Gasteiger partial charge is 0.444 e. The van der Waals surface area contributed by atoms with E-state index in [1.165, 1.54) is 6.33 Å². The van der Waals surface area contributed by atoms with Gasteiger partial charge in [-0.25, -0.2) is 19.2 Å². The number of ether oxygens (including phenoxy) is 1. The van der Waals surface area contributed by atoms with Crippen LogP contribution in [0.3, 0.4) is 0 Å². The fraction of sp³-hybridized carbons (Fsp3) is 0.706. The molecule has 24 heavy (non-hydrogen) atoms. The molecule has 2 heterocycles. The van der Waals surface area contributed by atoms with Gasteiger partial charge in [0.2, 0.25) is 0 Å². The molecule has 0 bridgehead atoms. The van der Waals surface area contributed by atoms with Gasteiger partial charge in [0.1, 0.15) is 11.9 Å². The second kappa shape index (κ2) is 7.32. The SMILES string of the molecule is CCc1ncnc(NC2CN(C(=O)OC(C)(C)C)CCC2C)c1F. The maximum absolute atomic E-state index is 14.3. The highest BCUT2D eigenvalue weighted by molar-refractivity contribution is 5.68. The van der Waals surface area contributed by atoms with Crippen LogP contribution in [0.4, 0.5) is 15.0 Å². The molecule has 1 saturated heterocycles. The summed E-state index contributed by atoms with van der Waals surface area (Å²) >= 11 is 0. The molecule has 1 amide bonds. The zero-order chi connectivity index (χ0) is 17.9. The Morgan fingerprint density at radius 1 is 1.46 bits per heavy atom. The Balaban J connectivity index is 2.08. The van der Waals surface area contributed by atoms with Crippen molar-refractivity contribution in [3.05, 3.63) is 17.8 Å². The van der Waals surface area contributed by atoms with Crippen LogP contribution in [0.5, 0.6) is 0 Å². The summed E-state index contributed by atoms with van der Waals surface area (Å²) in [6.07, 6.45) is 2.36. The Kier molecular flexibility index (Phi) is 5.62. The molecule has 0 aromatic carbocycles. The molecule has 2 rings (SSSR count). The Labute approximate surface area is 142 Å². The minimum atomic E-state index is -0.530. The number of aryl methyl sites for hydroxylation is 1. The van der Waals surface area contributed by atoms with Gasteiger partial charge in [0, 0.05) is 19.1 Å². The first-order chi connectivity index (χ1) is 11.2. The third kappa shape index (κ3) is 4.55. The molecule has 6 nitrogen and oxygen atoms in total. The van der Waals surface area contributed by atoms with Gasteiger partial charge in [-0.15, -0.1) is 0 Å². The number of nitrogens with one attached hydrogen (secondary N) is 1. The van der Waals surface area contributed by atoms with Crippen LogP contribution < -0.4 is 5.32 Å². The maximum atomic E-state index is 14.3. The fourth-order valence-corrected chi connectivity index (χ4v) is 2.68. The van der Waals surface area contributed by atoms with E-state index >= 15 is 0 Å². The first-order valence-corrected chi connectivity index (χ1v) is 8.45. The van der Waals surface area contributed by atoms with Crippen molar-refractivity contribution in [1.82, 2.24) is 14.9 Å². The Morgan fingerprint density at radius 3 is 2.79 bits per heavy atom. The van der Waals surface area contributed by atoms with Crippen LogP contribution >= 0.6 is 0 Å². The van der Waals surface area contributed by atoms with Crippen LogP contribution in [0.25, 0.3) is 0 Å². The summed E-state index contributed by atoms with van der Waals surface area (Å²) in [6, 6.07) is -0.0830. The highest BCUT2D eigenvalue weighted by Gasteiger charge is 2.32. The van der Waals surface area contributed by atoms with E-state index in [0.29, 0.717) is 31.1 Å². The molecule has 1 aliphatic rings. The molecule has 0 saturated carbocycles. The number of carbonyl (C=O) groups is 1. The minimum absolute atomic E-state index is 0.0830. The van der Waals surface area contributed by atoms with E-state index in [4.69, 9.17) is 4.74 Å². The third-order valence-electron chi connectivity index (χ3n) is 4.13. The molecular weight excluding hydrogens is 311 g/mol. The van der Waals surface area contributed by atoms with Crippen molar-refractivity contribution in [2.45, 2.75) is 59.1 Å². The van der Waals surface area contributed by atoms with Crippen molar-refractivity contribution in [3.63, 3.8) is 0 Å². The number of amides is 1. The number of rotatable bonds is 3. The van der Waals surface area contributed by atoms with Gasteiger partial charge in [0.15, 0.2) is 11.6 Å². The van der Waals surface area contributed by atoms with Gasteiger partial charge < -0.3 is 15.0 Å². The van der Waals surface area contributed by atoms with Crippen molar-refractivity contribution in [3.8, 4) is 0 Å². The quantitative estimate of drug-likeness (QED) is 0.916. The molecule has 1 aliphatic heterocycles. The van der Waals surface area contributed by atoms with E-state index in [1.54, 1.807) is 4.90 Å². The van der Waals surface area contributed by atoms with Crippen molar-refractivity contribution in [2.75, 3.05) is 18.4 Å². The molecular formula is C17H27FN4O2. The average molecular weight is 338 g/mol. The van der Waals surface area contributed by atoms with Crippen LogP contribution in [0.15, 0.2) is 6.33 Å². The number of aromatic nitrogens is 2. The summed E-state index contributed by atoms with van der Waals surface area (Å²) < 4.78 is 19.8. The summed E-state index contributed by atoms with van der Waals surface area (Å²) in [5.74, 6) is 0.0782. The normalized spacial score (nSPS) is 21.5. The van der Waals surface area contributed by atoms with Gasteiger partial charge in [0.25, 0.3) is 0 Å². The number of likely N-dealkylation sites (tertiary alicyclic amines) is 1. The summed E-state index contributed by atoms with van der Waals surface area (Å²) in [6.45, 7) is 10.6. The molecule has 1 fully saturated rings. The molecule has 0 spiro atoms. The number of hydrogen-bond donors (Lipinski definition) is 1. The molecule has 134 valence electrons. The molecule has 1 aromatic heterocycles. The second-order valence-electron chi connectivity index (χ2n) is 7.28. The monoisotopic (exact) mass is 338 g/mol. The smallest absolute Gasteiger partial charge is 0.410 e. The van der Waals surface area contributed by atoms with Crippen molar-refractivity contribution < 1.29 is 13.9 Å². The lowest BCUT2D eigenvalue weighted by Crippen LogP contribution is -2.50. The fourth-order valence-electron chi connectivity index (χ4n) is 2.68. The third-order valence-corrected chi connectivity index (χ3v) is 4.13. The number of carbonyl (C=O) groups excluding carboxylic acids is 1.